The first kappa shape index (κ1) is 14.1. The van der Waals surface area contributed by atoms with Crippen LogP contribution >= 0.6 is 0 Å². The number of rotatable bonds is 5. The quantitative estimate of drug-likeness (QED) is 0.840. The lowest BCUT2D eigenvalue weighted by atomic mass is 10.0. The van der Waals surface area contributed by atoms with E-state index >= 15 is 0 Å². The van der Waals surface area contributed by atoms with Crippen LogP contribution in [-0.4, -0.2) is 52.4 Å². The fraction of sp³-hybridized carbons (Fsp3) is 0.500. The number of hydrogen-bond donors (Lipinski definition) is 0. The largest absolute Gasteiger partial charge is 0.357 e. The molecule has 2 aromatic rings. The Morgan fingerprint density at radius 3 is 2.67 bits per heavy atom. The summed E-state index contributed by atoms with van der Waals surface area (Å²) in [5, 5.41) is 4.26. The molecule has 112 valence electrons. The summed E-state index contributed by atoms with van der Waals surface area (Å²) in [6.45, 7) is 4.38. The van der Waals surface area contributed by atoms with Gasteiger partial charge in [0.25, 0.3) is 0 Å². The Bertz CT molecular complexity index is 517. The highest BCUT2D eigenvalue weighted by molar-refractivity contribution is 5.37. The molecular weight excluding hydrogens is 262 g/mol. The van der Waals surface area contributed by atoms with E-state index in [9.17, 15) is 0 Å². The van der Waals surface area contributed by atoms with Gasteiger partial charge in [-0.15, -0.1) is 0 Å². The Kier molecular flexibility index (Phi) is 4.50. The van der Waals surface area contributed by atoms with Crippen molar-refractivity contribution in [1.82, 2.24) is 19.7 Å². The molecule has 0 atom stereocenters. The number of anilines is 1. The van der Waals surface area contributed by atoms with Crippen LogP contribution in [0.15, 0.2) is 42.9 Å². The SMILES string of the molecule is CN(c1ccccn1)C1CCN(CCn2cccn2)CC1. The van der Waals surface area contributed by atoms with Crippen LogP contribution < -0.4 is 4.90 Å². The highest BCUT2D eigenvalue weighted by Gasteiger charge is 2.22. The lowest BCUT2D eigenvalue weighted by Gasteiger charge is -2.37. The third kappa shape index (κ3) is 3.61. The first-order chi connectivity index (χ1) is 10.3. The molecule has 5 nitrogen and oxygen atoms in total. The van der Waals surface area contributed by atoms with Crippen LogP contribution in [0.4, 0.5) is 5.82 Å². The third-order valence-electron chi connectivity index (χ3n) is 4.32. The van der Waals surface area contributed by atoms with Crippen molar-refractivity contribution in [2.75, 3.05) is 31.6 Å². The first-order valence-electron chi connectivity index (χ1n) is 7.66. The third-order valence-corrected chi connectivity index (χ3v) is 4.32. The monoisotopic (exact) mass is 285 g/mol. The molecule has 0 aromatic carbocycles. The van der Waals surface area contributed by atoms with E-state index in [0.717, 1.165) is 32.0 Å². The molecule has 1 saturated heterocycles. The number of nitrogens with zero attached hydrogens (tertiary/aromatic N) is 5. The summed E-state index contributed by atoms with van der Waals surface area (Å²) in [5.41, 5.74) is 0. The molecule has 0 bridgehead atoms. The maximum absolute atomic E-state index is 4.44. The molecule has 0 N–H and O–H groups in total. The lowest BCUT2D eigenvalue weighted by Crippen LogP contribution is -2.44. The predicted octanol–water partition coefficient (Wildman–Crippen LogP) is 1.88. The second kappa shape index (κ2) is 6.72. The molecule has 0 unspecified atom stereocenters. The van der Waals surface area contributed by atoms with Gasteiger partial charge in [0.15, 0.2) is 0 Å². The summed E-state index contributed by atoms with van der Waals surface area (Å²) < 4.78 is 2.01. The Morgan fingerprint density at radius 2 is 2.00 bits per heavy atom. The Hall–Kier alpha value is -1.88. The van der Waals surface area contributed by atoms with Crippen molar-refractivity contribution in [3.63, 3.8) is 0 Å². The van der Waals surface area contributed by atoms with E-state index in [4.69, 9.17) is 0 Å². The smallest absolute Gasteiger partial charge is 0.128 e. The van der Waals surface area contributed by atoms with Crippen LogP contribution in [0, 0.1) is 0 Å². The minimum atomic E-state index is 0.598. The average molecular weight is 285 g/mol. The van der Waals surface area contributed by atoms with Crippen molar-refractivity contribution in [3.8, 4) is 0 Å². The summed E-state index contributed by atoms with van der Waals surface area (Å²) in [7, 11) is 2.16. The maximum Gasteiger partial charge on any atom is 0.128 e. The summed E-state index contributed by atoms with van der Waals surface area (Å²) in [6, 6.07) is 8.69. The summed E-state index contributed by atoms with van der Waals surface area (Å²) >= 11 is 0. The topological polar surface area (TPSA) is 37.2 Å². The lowest BCUT2D eigenvalue weighted by molar-refractivity contribution is 0.201. The van der Waals surface area contributed by atoms with Gasteiger partial charge in [0.05, 0.1) is 6.54 Å². The number of hydrogen-bond acceptors (Lipinski definition) is 4. The molecule has 2 aromatic heterocycles. The van der Waals surface area contributed by atoms with Crippen molar-refractivity contribution in [1.29, 1.82) is 0 Å². The normalized spacial score (nSPS) is 17.0. The van der Waals surface area contributed by atoms with E-state index in [1.807, 2.05) is 35.4 Å². The van der Waals surface area contributed by atoms with Gasteiger partial charge in [-0.1, -0.05) is 6.07 Å². The second-order valence-corrected chi connectivity index (χ2v) is 5.64. The molecule has 3 rings (SSSR count). The Balaban J connectivity index is 1.46. The van der Waals surface area contributed by atoms with Crippen LogP contribution in [0.3, 0.4) is 0 Å². The van der Waals surface area contributed by atoms with Gasteiger partial charge in [-0.25, -0.2) is 4.98 Å². The molecular formula is C16H23N5. The molecule has 0 spiro atoms. The minimum absolute atomic E-state index is 0.598. The van der Waals surface area contributed by atoms with Crippen molar-refractivity contribution in [3.05, 3.63) is 42.9 Å². The number of pyridine rings is 1. The van der Waals surface area contributed by atoms with Crippen LogP contribution in [0.2, 0.25) is 0 Å². The summed E-state index contributed by atoms with van der Waals surface area (Å²) in [5.74, 6) is 1.08. The van der Waals surface area contributed by atoms with E-state index in [0.29, 0.717) is 6.04 Å². The number of piperidine rings is 1. The molecule has 0 saturated carbocycles. The van der Waals surface area contributed by atoms with E-state index in [-0.39, 0.29) is 0 Å². The predicted molar refractivity (Wildman–Crippen MR) is 84.3 cm³/mol. The van der Waals surface area contributed by atoms with Gasteiger partial charge in [-0.05, 0) is 31.0 Å². The molecule has 0 aliphatic carbocycles. The standard InChI is InChI=1S/C16H23N5/c1-19(16-5-2-3-8-17-16)15-6-11-20(12-7-15)13-14-21-10-4-9-18-21/h2-5,8-10,15H,6-7,11-14H2,1H3. The Morgan fingerprint density at radius 1 is 1.14 bits per heavy atom. The zero-order valence-corrected chi connectivity index (χ0v) is 12.6. The van der Waals surface area contributed by atoms with E-state index in [1.54, 1.807) is 0 Å². The molecule has 1 aliphatic heterocycles. The van der Waals surface area contributed by atoms with E-state index in [2.05, 4.69) is 39.1 Å². The highest BCUT2D eigenvalue weighted by Crippen LogP contribution is 2.19. The molecule has 0 amide bonds. The fourth-order valence-electron chi connectivity index (χ4n) is 2.96. The zero-order chi connectivity index (χ0) is 14.5. The van der Waals surface area contributed by atoms with Crippen LogP contribution in [0.25, 0.3) is 0 Å². The van der Waals surface area contributed by atoms with Crippen molar-refractivity contribution in [2.45, 2.75) is 25.4 Å². The van der Waals surface area contributed by atoms with Crippen molar-refractivity contribution >= 4 is 5.82 Å². The zero-order valence-electron chi connectivity index (χ0n) is 12.6. The number of aromatic nitrogens is 3. The van der Waals surface area contributed by atoms with Gasteiger partial charge in [0.1, 0.15) is 5.82 Å². The molecule has 3 heterocycles. The molecule has 1 aliphatic rings. The van der Waals surface area contributed by atoms with Crippen molar-refractivity contribution in [2.24, 2.45) is 0 Å². The second-order valence-electron chi connectivity index (χ2n) is 5.64. The van der Waals surface area contributed by atoms with Crippen LogP contribution in [-0.2, 0) is 6.54 Å². The highest BCUT2D eigenvalue weighted by atomic mass is 15.3. The average Bonchev–Trinajstić information content (AvgIpc) is 3.07. The van der Waals surface area contributed by atoms with Crippen LogP contribution in [0.1, 0.15) is 12.8 Å². The van der Waals surface area contributed by atoms with Gasteiger partial charge in [0.2, 0.25) is 0 Å². The van der Waals surface area contributed by atoms with Gasteiger partial charge >= 0.3 is 0 Å². The van der Waals surface area contributed by atoms with Crippen LogP contribution in [0.5, 0.6) is 0 Å². The summed E-state index contributed by atoms with van der Waals surface area (Å²) in [4.78, 5) is 9.30. The van der Waals surface area contributed by atoms with Gasteiger partial charge in [0, 0.05) is 51.3 Å². The first-order valence-corrected chi connectivity index (χ1v) is 7.66. The van der Waals surface area contributed by atoms with E-state index in [1.165, 1.54) is 12.8 Å². The van der Waals surface area contributed by atoms with Gasteiger partial charge in [-0.2, -0.15) is 5.10 Å². The minimum Gasteiger partial charge on any atom is -0.357 e. The van der Waals surface area contributed by atoms with Gasteiger partial charge < -0.3 is 9.80 Å². The van der Waals surface area contributed by atoms with Crippen molar-refractivity contribution < 1.29 is 0 Å². The van der Waals surface area contributed by atoms with E-state index < -0.39 is 0 Å². The molecule has 5 heteroatoms. The molecule has 21 heavy (non-hydrogen) atoms. The fourth-order valence-corrected chi connectivity index (χ4v) is 2.96. The Labute approximate surface area is 126 Å². The number of likely N-dealkylation sites (tertiary alicyclic amines) is 1. The molecule has 1 fully saturated rings. The molecule has 0 radical (unpaired) electrons. The van der Waals surface area contributed by atoms with Gasteiger partial charge in [-0.3, -0.25) is 4.68 Å². The maximum atomic E-state index is 4.44. The summed E-state index contributed by atoms with van der Waals surface area (Å²) in [6.07, 6.45) is 8.14.